The Morgan fingerprint density at radius 3 is 2.47 bits per heavy atom. The lowest BCUT2D eigenvalue weighted by molar-refractivity contribution is 0.103. The number of aromatic nitrogens is 2. The molecule has 10 heteroatoms. The van der Waals surface area contributed by atoms with Crippen molar-refractivity contribution in [2.45, 2.75) is 17.6 Å². The van der Waals surface area contributed by atoms with Gasteiger partial charge in [-0.3, -0.25) is 4.79 Å². The Balaban J connectivity index is 1.71. The molecule has 4 aromatic rings. The molecule has 0 radical (unpaired) electrons. The normalized spacial score (nSPS) is 11.9. The number of sulfone groups is 1. The van der Waals surface area contributed by atoms with Gasteiger partial charge in [0.25, 0.3) is 5.91 Å². The predicted molar refractivity (Wildman–Crippen MR) is 111 cm³/mol. The summed E-state index contributed by atoms with van der Waals surface area (Å²) in [6.45, 7) is 1.82. The van der Waals surface area contributed by atoms with E-state index in [1.807, 2.05) is 37.3 Å². The van der Waals surface area contributed by atoms with E-state index in [9.17, 15) is 22.0 Å². The van der Waals surface area contributed by atoms with Crippen LogP contribution < -0.4 is 5.32 Å². The van der Waals surface area contributed by atoms with Crippen LogP contribution in [0.15, 0.2) is 65.6 Å². The van der Waals surface area contributed by atoms with Crippen molar-refractivity contribution in [1.82, 2.24) is 9.78 Å². The van der Waals surface area contributed by atoms with Gasteiger partial charge in [-0.25, -0.2) is 13.1 Å². The zero-order valence-electron chi connectivity index (χ0n) is 15.5. The Morgan fingerprint density at radius 2 is 1.77 bits per heavy atom. The summed E-state index contributed by atoms with van der Waals surface area (Å²) in [5.41, 5.74) is 1.37. The van der Waals surface area contributed by atoms with E-state index in [1.54, 1.807) is 10.7 Å². The van der Waals surface area contributed by atoms with Crippen LogP contribution in [0.4, 0.5) is 14.5 Å². The molecule has 0 atom stereocenters. The standard InChI is InChI=1S/C20H15F2N3O3S2/c1-12-14-11-16(29-19(14)25(24-12)13-7-3-2-4-8-13)18(26)23-15-9-5-6-10-17(15)30(27,28)20(21)22/h2-11,20H,1H3,(H,23,26). The minimum absolute atomic E-state index is 0.193. The number of rotatable bonds is 5. The monoisotopic (exact) mass is 447 g/mol. The Hall–Kier alpha value is -3.11. The van der Waals surface area contributed by atoms with Crippen LogP contribution in [0.2, 0.25) is 0 Å². The molecule has 0 aliphatic rings. The first-order valence-electron chi connectivity index (χ1n) is 8.76. The summed E-state index contributed by atoms with van der Waals surface area (Å²) in [6, 6.07) is 16.2. The Bertz CT molecular complexity index is 1350. The van der Waals surface area contributed by atoms with Gasteiger partial charge in [-0.1, -0.05) is 30.3 Å². The van der Waals surface area contributed by atoms with Gasteiger partial charge in [-0.2, -0.15) is 13.9 Å². The van der Waals surface area contributed by atoms with Crippen LogP contribution in [0.25, 0.3) is 15.9 Å². The number of hydrogen-bond acceptors (Lipinski definition) is 5. The molecule has 1 N–H and O–H groups in total. The van der Waals surface area contributed by atoms with Crippen LogP contribution in [0.1, 0.15) is 15.4 Å². The Kier molecular flexibility index (Phi) is 5.12. The second-order valence-electron chi connectivity index (χ2n) is 6.42. The summed E-state index contributed by atoms with van der Waals surface area (Å²) in [7, 11) is -4.86. The molecule has 0 aliphatic carbocycles. The van der Waals surface area contributed by atoms with Crippen molar-refractivity contribution in [3.8, 4) is 5.69 Å². The van der Waals surface area contributed by atoms with E-state index in [-0.39, 0.29) is 5.69 Å². The van der Waals surface area contributed by atoms with Crippen LogP contribution in [-0.2, 0) is 9.84 Å². The zero-order valence-corrected chi connectivity index (χ0v) is 17.2. The molecule has 2 heterocycles. The molecule has 4 rings (SSSR count). The van der Waals surface area contributed by atoms with Crippen molar-refractivity contribution >= 4 is 43.0 Å². The maximum Gasteiger partial charge on any atom is 0.341 e. The number of amides is 1. The number of nitrogens with zero attached hydrogens (tertiary/aromatic N) is 2. The maximum absolute atomic E-state index is 13.0. The van der Waals surface area contributed by atoms with Crippen LogP contribution in [-0.4, -0.2) is 29.9 Å². The summed E-state index contributed by atoms with van der Waals surface area (Å²) in [5.74, 6) is -4.17. The fraction of sp³-hybridized carbons (Fsp3) is 0.100. The van der Waals surface area contributed by atoms with Gasteiger partial charge in [0, 0.05) is 5.39 Å². The maximum atomic E-state index is 13.0. The van der Waals surface area contributed by atoms with Crippen molar-refractivity contribution < 1.29 is 22.0 Å². The van der Waals surface area contributed by atoms with Crippen molar-refractivity contribution in [3.05, 3.63) is 71.2 Å². The second-order valence-corrected chi connectivity index (χ2v) is 9.34. The van der Waals surface area contributed by atoms with E-state index < -0.39 is 26.4 Å². The third kappa shape index (κ3) is 3.48. The molecule has 0 saturated carbocycles. The molecule has 2 aromatic heterocycles. The van der Waals surface area contributed by atoms with Gasteiger partial charge in [0.15, 0.2) is 0 Å². The molecular weight excluding hydrogens is 432 g/mol. The molecule has 0 spiro atoms. The van der Waals surface area contributed by atoms with Crippen molar-refractivity contribution in [2.75, 3.05) is 5.32 Å². The summed E-state index contributed by atoms with van der Waals surface area (Å²) < 4.78 is 51.5. The van der Waals surface area contributed by atoms with E-state index in [0.717, 1.165) is 27.7 Å². The highest BCUT2D eigenvalue weighted by Crippen LogP contribution is 2.32. The van der Waals surface area contributed by atoms with Gasteiger partial charge in [0.05, 0.1) is 26.8 Å². The quantitative estimate of drug-likeness (QED) is 0.483. The third-order valence-corrected chi connectivity index (χ3v) is 6.99. The van der Waals surface area contributed by atoms with Crippen molar-refractivity contribution in [3.63, 3.8) is 0 Å². The highest BCUT2D eigenvalue weighted by molar-refractivity contribution is 7.91. The second kappa shape index (κ2) is 7.62. The number of carbonyl (C=O) groups is 1. The zero-order chi connectivity index (χ0) is 21.5. The number of carbonyl (C=O) groups excluding carboxylic acids is 1. The molecule has 0 fully saturated rings. The fourth-order valence-electron chi connectivity index (χ4n) is 3.00. The number of halogens is 2. The Morgan fingerprint density at radius 1 is 1.10 bits per heavy atom. The minimum Gasteiger partial charge on any atom is -0.320 e. The van der Waals surface area contributed by atoms with Crippen molar-refractivity contribution in [1.29, 1.82) is 0 Å². The molecule has 30 heavy (non-hydrogen) atoms. The third-order valence-electron chi connectivity index (χ3n) is 4.45. The van der Waals surface area contributed by atoms with E-state index in [1.165, 1.54) is 29.5 Å². The summed E-state index contributed by atoms with van der Waals surface area (Å²) in [6.07, 6.45) is 0. The molecule has 0 aliphatic heterocycles. The first-order chi connectivity index (χ1) is 14.3. The summed E-state index contributed by atoms with van der Waals surface area (Å²) in [4.78, 5) is 13.2. The van der Waals surface area contributed by atoms with Gasteiger partial charge >= 0.3 is 5.76 Å². The van der Waals surface area contributed by atoms with Gasteiger partial charge in [0.1, 0.15) is 4.83 Å². The molecule has 154 valence electrons. The van der Waals surface area contributed by atoms with E-state index in [4.69, 9.17) is 0 Å². The predicted octanol–water partition coefficient (Wildman–Crippen LogP) is 4.64. The lowest BCUT2D eigenvalue weighted by atomic mass is 10.3. The number of fused-ring (bicyclic) bond motifs is 1. The van der Waals surface area contributed by atoms with Gasteiger partial charge in [-0.15, -0.1) is 11.3 Å². The average molecular weight is 447 g/mol. The Labute approximate surface area is 174 Å². The average Bonchev–Trinajstić information content (AvgIpc) is 3.29. The lowest BCUT2D eigenvalue weighted by Gasteiger charge is -2.10. The van der Waals surface area contributed by atoms with Crippen LogP contribution in [0, 0.1) is 6.92 Å². The van der Waals surface area contributed by atoms with Gasteiger partial charge in [0.2, 0.25) is 9.84 Å². The molecule has 6 nitrogen and oxygen atoms in total. The number of hydrogen-bond donors (Lipinski definition) is 1. The highest BCUT2D eigenvalue weighted by Gasteiger charge is 2.29. The SMILES string of the molecule is Cc1nn(-c2ccccc2)c2sc(C(=O)Nc3ccccc3S(=O)(=O)C(F)F)cc12. The van der Waals surface area contributed by atoms with Crippen molar-refractivity contribution in [2.24, 2.45) is 0 Å². The molecule has 0 bridgehead atoms. The number of benzene rings is 2. The van der Waals surface area contributed by atoms with Gasteiger partial charge < -0.3 is 5.32 Å². The molecule has 0 unspecified atom stereocenters. The number of thiophene rings is 1. The van der Waals surface area contributed by atoms with E-state index in [2.05, 4.69) is 10.4 Å². The van der Waals surface area contributed by atoms with Crippen LogP contribution in [0.5, 0.6) is 0 Å². The largest absolute Gasteiger partial charge is 0.341 e. The number of aryl methyl sites for hydroxylation is 1. The number of anilines is 1. The van der Waals surface area contributed by atoms with Crippen LogP contribution in [0.3, 0.4) is 0 Å². The van der Waals surface area contributed by atoms with E-state index >= 15 is 0 Å². The van der Waals surface area contributed by atoms with E-state index in [0.29, 0.717) is 4.88 Å². The lowest BCUT2D eigenvalue weighted by Crippen LogP contribution is -2.17. The smallest absolute Gasteiger partial charge is 0.320 e. The molecule has 1 amide bonds. The van der Waals surface area contributed by atoms with Crippen LogP contribution >= 0.6 is 11.3 Å². The highest BCUT2D eigenvalue weighted by atomic mass is 32.2. The minimum atomic E-state index is -4.86. The number of para-hydroxylation sites is 2. The number of alkyl halides is 2. The molecular formula is C20H15F2N3O3S2. The molecule has 2 aromatic carbocycles. The summed E-state index contributed by atoms with van der Waals surface area (Å²) >= 11 is 1.18. The fourth-order valence-corrected chi connectivity index (χ4v) is 4.97. The first-order valence-corrected chi connectivity index (χ1v) is 11.1. The van der Waals surface area contributed by atoms with Gasteiger partial charge in [-0.05, 0) is 37.3 Å². The number of nitrogens with one attached hydrogen (secondary N) is 1. The molecule has 0 saturated heterocycles. The summed E-state index contributed by atoms with van der Waals surface area (Å²) in [5, 5.41) is 7.73. The topological polar surface area (TPSA) is 81.1 Å². The first kappa shape index (κ1) is 20.2.